The minimum absolute atomic E-state index is 0.165. The molecule has 1 amide bonds. The number of rotatable bonds is 4. The lowest BCUT2D eigenvalue weighted by atomic mass is 10.2. The largest absolute Gasteiger partial charge is 0.495 e. The highest BCUT2D eigenvalue weighted by molar-refractivity contribution is 6.29. The van der Waals surface area contributed by atoms with Crippen molar-refractivity contribution in [2.45, 2.75) is 0 Å². The van der Waals surface area contributed by atoms with Gasteiger partial charge in [-0.15, -0.1) is 16.5 Å². The average molecular weight is 229 g/mol. The van der Waals surface area contributed by atoms with E-state index >= 15 is 0 Å². The fraction of sp³-hybridized carbons (Fsp3) is 0.222. The van der Waals surface area contributed by atoms with Gasteiger partial charge in [0, 0.05) is 0 Å². The minimum Gasteiger partial charge on any atom is -0.495 e. The van der Waals surface area contributed by atoms with Gasteiger partial charge in [-0.25, -0.2) is 0 Å². The molecule has 0 atom stereocenters. The Hall–Kier alpha value is -1.62. The number of halogens is 1. The number of nitroso groups, excluding NO2 is 1. The highest BCUT2D eigenvalue weighted by atomic mass is 35.5. The molecule has 15 heavy (non-hydrogen) atoms. The van der Waals surface area contributed by atoms with Gasteiger partial charge in [-0.05, 0) is 23.4 Å². The summed E-state index contributed by atoms with van der Waals surface area (Å²) < 4.78 is 4.99. The maximum absolute atomic E-state index is 11.0. The summed E-state index contributed by atoms with van der Waals surface area (Å²) in [5.41, 5.74) is 0.584. The smallest absolute Gasteiger partial charge is 0.239 e. The van der Waals surface area contributed by atoms with Gasteiger partial charge in [-0.3, -0.25) is 4.79 Å². The summed E-state index contributed by atoms with van der Waals surface area (Å²) in [5, 5.41) is 5.24. The van der Waals surface area contributed by atoms with Crippen LogP contribution in [0.3, 0.4) is 0 Å². The van der Waals surface area contributed by atoms with Crippen LogP contribution in [0.5, 0.6) is 5.75 Å². The number of hydrogen-bond donors (Lipinski definition) is 1. The molecule has 0 unspecified atom stereocenters. The SMILES string of the molecule is COc1ccc(N=O)cc1NC(=O)CCl. The molecule has 0 heterocycles. The third kappa shape index (κ3) is 2.92. The molecule has 1 aromatic carbocycles. The van der Waals surface area contributed by atoms with Crippen LogP contribution in [0, 0.1) is 4.91 Å². The molecule has 5 nitrogen and oxygen atoms in total. The van der Waals surface area contributed by atoms with Crippen LogP contribution in [0.4, 0.5) is 11.4 Å². The molecule has 0 saturated heterocycles. The molecule has 6 heteroatoms. The van der Waals surface area contributed by atoms with E-state index in [2.05, 4.69) is 10.5 Å². The van der Waals surface area contributed by atoms with Crippen molar-refractivity contribution in [3.63, 3.8) is 0 Å². The molecule has 0 aliphatic rings. The van der Waals surface area contributed by atoms with Gasteiger partial charge in [0.25, 0.3) is 0 Å². The van der Waals surface area contributed by atoms with Crippen LogP contribution in [0.1, 0.15) is 0 Å². The molecule has 80 valence electrons. The van der Waals surface area contributed by atoms with E-state index in [0.717, 1.165) is 0 Å². The molecule has 0 fully saturated rings. The van der Waals surface area contributed by atoms with Crippen molar-refractivity contribution < 1.29 is 9.53 Å². The Morgan fingerprint density at radius 3 is 2.87 bits per heavy atom. The van der Waals surface area contributed by atoms with Crippen LogP contribution in [-0.2, 0) is 4.79 Å². The number of carbonyl (C=O) groups excluding carboxylic acids is 1. The fourth-order valence-electron chi connectivity index (χ4n) is 1.03. The third-order valence-electron chi connectivity index (χ3n) is 1.68. The molecule has 0 aromatic heterocycles. The van der Waals surface area contributed by atoms with E-state index in [1.165, 1.54) is 19.2 Å². The zero-order valence-corrected chi connectivity index (χ0v) is 8.75. The maximum atomic E-state index is 11.0. The standard InChI is InChI=1S/C9H9ClN2O3/c1-15-8-3-2-6(12-14)4-7(8)11-9(13)5-10/h2-4H,5H2,1H3,(H,11,13). The summed E-state index contributed by atoms with van der Waals surface area (Å²) in [5.74, 6) is -0.0964. The lowest BCUT2D eigenvalue weighted by Gasteiger charge is -2.08. The molecule has 1 rings (SSSR count). The normalized spacial score (nSPS) is 9.47. The monoisotopic (exact) mass is 228 g/mol. The first-order valence-corrected chi connectivity index (χ1v) is 4.62. The summed E-state index contributed by atoms with van der Waals surface area (Å²) >= 11 is 5.33. The number of ether oxygens (including phenoxy) is 1. The topological polar surface area (TPSA) is 67.8 Å². The van der Waals surface area contributed by atoms with E-state index in [1.807, 2.05) is 0 Å². The van der Waals surface area contributed by atoms with Crippen LogP contribution >= 0.6 is 11.6 Å². The number of nitrogens with zero attached hydrogens (tertiary/aromatic N) is 1. The van der Waals surface area contributed by atoms with E-state index in [1.54, 1.807) is 6.07 Å². The van der Waals surface area contributed by atoms with Gasteiger partial charge < -0.3 is 10.1 Å². The predicted molar refractivity (Wildman–Crippen MR) is 57.8 cm³/mol. The number of alkyl halides is 1. The molecular weight excluding hydrogens is 220 g/mol. The summed E-state index contributed by atoms with van der Waals surface area (Å²) in [6, 6.07) is 4.44. The van der Waals surface area contributed by atoms with E-state index in [-0.39, 0.29) is 17.5 Å². The highest BCUT2D eigenvalue weighted by Gasteiger charge is 2.07. The van der Waals surface area contributed by atoms with Gasteiger partial charge in [-0.1, -0.05) is 0 Å². The molecule has 1 aromatic rings. The first-order chi connectivity index (χ1) is 7.21. The number of anilines is 1. The van der Waals surface area contributed by atoms with Gasteiger partial charge in [-0.2, -0.15) is 0 Å². The van der Waals surface area contributed by atoms with Gasteiger partial charge in [0.1, 0.15) is 17.3 Å². The molecule has 0 spiro atoms. The van der Waals surface area contributed by atoms with Gasteiger partial charge in [0.05, 0.1) is 12.8 Å². The summed E-state index contributed by atoms with van der Waals surface area (Å²) in [7, 11) is 1.46. The van der Waals surface area contributed by atoms with Crippen molar-refractivity contribution >= 4 is 28.9 Å². The van der Waals surface area contributed by atoms with Crippen LogP contribution in [0.25, 0.3) is 0 Å². The average Bonchev–Trinajstić information content (AvgIpc) is 2.28. The highest BCUT2D eigenvalue weighted by Crippen LogP contribution is 2.28. The van der Waals surface area contributed by atoms with Gasteiger partial charge >= 0.3 is 0 Å². The maximum Gasteiger partial charge on any atom is 0.239 e. The number of hydrogen-bond acceptors (Lipinski definition) is 4. The van der Waals surface area contributed by atoms with E-state index in [9.17, 15) is 9.70 Å². The van der Waals surface area contributed by atoms with Gasteiger partial charge in [0.15, 0.2) is 0 Å². The van der Waals surface area contributed by atoms with Crippen molar-refractivity contribution in [1.82, 2.24) is 0 Å². The quantitative estimate of drug-likeness (QED) is 0.635. The summed E-state index contributed by atoms with van der Waals surface area (Å²) in [4.78, 5) is 21.3. The van der Waals surface area contributed by atoms with Crippen LogP contribution in [0.15, 0.2) is 23.4 Å². The molecule has 0 aliphatic carbocycles. The lowest BCUT2D eigenvalue weighted by Crippen LogP contribution is -2.13. The Morgan fingerprint density at radius 2 is 2.33 bits per heavy atom. The number of benzene rings is 1. The Kier molecular flexibility index (Phi) is 4.05. The first kappa shape index (κ1) is 11.5. The van der Waals surface area contributed by atoms with Crippen molar-refractivity contribution in [3.8, 4) is 5.75 Å². The Balaban J connectivity index is 3.00. The number of carbonyl (C=O) groups is 1. The fourth-order valence-corrected chi connectivity index (χ4v) is 1.10. The van der Waals surface area contributed by atoms with Crippen molar-refractivity contribution in [2.24, 2.45) is 5.18 Å². The van der Waals surface area contributed by atoms with Crippen LogP contribution < -0.4 is 10.1 Å². The Morgan fingerprint density at radius 1 is 1.60 bits per heavy atom. The molecule has 0 saturated carbocycles. The molecule has 1 N–H and O–H groups in total. The second kappa shape index (κ2) is 5.31. The summed E-state index contributed by atoms with van der Waals surface area (Å²) in [6.07, 6.45) is 0. The number of amides is 1. The predicted octanol–water partition coefficient (Wildman–Crippen LogP) is 2.27. The zero-order valence-electron chi connectivity index (χ0n) is 7.99. The second-order valence-electron chi connectivity index (χ2n) is 2.66. The molecule has 0 bridgehead atoms. The van der Waals surface area contributed by atoms with E-state index in [0.29, 0.717) is 11.4 Å². The molecular formula is C9H9ClN2O3. The third-order valence-corrected chi connectivity index (χ3v) is 1.93. The van der Waals surface area contributed by atoms with E-state index < -0.39 is 0 Å². The molecule has 0 aliphatic heterocycles. The van der Waals surface area contributed by atoms with Crippen molar-refractivity contribution in [3.05, 3.63) is 23.1 Å². The Labute approximate surface area is 91.3 Å². The van der Waals surface area contributed by atoms with Crippen LogP contribution in [0.2, 0.25) is 0 Å². The van der Waals surface area contributed by atoms with Crippen molar-refractivity contribution in [1.29, 1.82) is 0 Å². The van der Waals surface area contributed by atoms with Crippen LogP contribution in [-0.4, -0.2) is 18.9 Å². The molecule has 0 radical (unpaired) electrons. The zero-order chi connectivity index (χ0) is 11.3. The lowest BCUT2D eigenvalue weighted by molar-refractivity contribution is -0.113. The first-order valence-electron chi connectivity index (χ1n) is 4.08. The minimum atomic E-state index is -0.377. The number of methoxy groups -OCH3 is 1. The van der Waals surface area contributed by atoms with E-state index in [4.69, 9.17) is 16.3 Å². The van der Waals surface area contributed by atoms with Crippen molar-refractivity contribution in [2.75, 3.05) is 18.3 Å². The Bertz CT molecular complexity index is 382. The van der Waals surface area contributed by atoms with Gasteiger partial charge in [0.2, 0.25) is 5.91 Å². The second-order valence-corrected chi connectivity index (χ2v) is 2.92. The summed E-state index contributed by atoms with van der Waals surface area (Å²) in [6.45, 7) is 0. The number of nitrogens with one attached hydrogen (secondary N) is 1.